The number of hydrogen-bond acceptors (Lipinski definition) is 3. The van der Waals surface area contributed by atoms with E-state index >= 15 is 0 Å². The van der Waals surface area contributed by atoms with Crippen LogP contribution in [0.25, 0.3) is 0 Å². The lowest BCUT2D eigenvalue weighted by atomic mass is 9.87. The number of carbonyl (C=O) groups is 1. The summed E-state index contributed by atoms with van der Waals surface area (Å²) >= 11 is 0. The van der Waals surface area contributed by atoms with Crippen molar-refractivity contribution in [3.8, 4) is 0 Å². The Bertz CT molecular complexity index is 413. The van der Waals surface area contributed by atoms with Gasteiger partial charge in [-0.15, -0.1) is 0 Å². The first kappa shape index (κ1) is 16.0. The van der Waals surface area contributed by atoms with Crippen LogP contribution in [0.1, 0.15) is 44.1 Å². The number of rotatable bonds is 7. The summed E-state index contributed by atoms with van der Waals surface area (Å²) in [6.07, 6.45) is 5.74. The fourth-order valence-corrected chi connectivity index (χ4v) is 2.69. The second kappa shape index (κ2) is 8.80. The fourth-order valence-electron chi connectivity index (χ4n) is 2.69. The van der Waals surface area contributed by atoms with Gasteiger partial charge in [-0.25, -0.2) is 5.48 Å². The first-order chi connectivity index (χ1) is 10.3. The summed E-state index contributed by atoms with van der Waals surface area (Å²) in [6.45, 7) is 0.550. The molecular formula is C17H25NO3. The molecular weight excluding hydrogens is 266 g/mol. The molecule has 0 saturated heterocycles. The van der Waals surface area contributed by atoms with Crippen molar-refractivity contribution in [2.24, 2.45) is 5.92 Å². The van der Waals surface area contributed by atoms with Gasteiger partial charge in [-0.2, -0.15) is 0 Å². The minimum atomic E-state index is -0.229. The molecule has 0 bridgehead atoms. The van der Waals surface area contributed by atoms with E-state index in [-0.39, 0.29) is 17.9 Å². The maximum Gasteiger partial charge on any atom is 0.246 e. The topological polar surface area (TPSA) is 58.6 Å². The number of carbonyl (C=O) groups excluding carboxylic acids is 1. The van der Waals surface area contributed by atoms with Crippen LogP contribution in [-0.2, 0) is 16.1 Å². The first-order valence-electron chi connectivity index (χ1n) is 7.89. The van der Waals surface area contributed by atoms with Crippen molar-refractivity contribution in [2.45, 2.75) is 51.0 Å². The number of nitrogens with one attached hydrogen (secondary N) is 1. The van der Waals surface area contributed by atoms with E-state index in [1.807, 2.05) is 18.2 Å². The smallest absolute Gasteiger partial charge is 0.246 e. The highest BCUT2D eigenvalue weighted by Crippen LogP contribution is 2.24. The molecule has 0 aliphatic heterocycles. The van der Waals surface area contributed by atoms with Crippen LogP contribution in [0.5, 0.6) is 0 Å². The molecule has 2 N–H and O–H groups in total. The summed E-state index contributed by atoms with van der Waals surface area (Å²) in [5.74, 6) is -0.0392. The molecule has 1 saturated carbocycles. The van der Waals surface area contributed by atoms with Crippen LogP contribution in [0.4, 0.5) is 0 Å². The fraction of sp³-hybridized carbons (Fsp3) is 0.588. The number of aliphatic hydroxyl groups is 1. The molecule has 0 unspecified atom stereocenters. The number of aryl methyl sites for hydroxylation is 1. The normalized spacial score (nSPS) is 22.0. The first-order valence-corrected chi connectivity index (χ1v) is 7.89. The second-order valence-corrected chi connectivity index (χ2v) is 5.76. The Balaban J connectivity index is 1.50. The quantitative estimate of drug-likeness (QED) is 0.600. The Hall–Kier alpha value is -1.39. The van der Waals surface area contributed by atoms with Crippen LogP contribution >= 0.6 is 0 Å². The van der Waals surface area contributed by atoms with Gasteiger partial charge in [0, 0.05) is 5.92 Å². The van der Waals surface area contributed by atoms with Crippen LogP contribution in [0, 0.1) is 5.92 Å². The van der Waals surface area contributed by atoms with Gasteiger partial charge in [0.1, 0.15) is 0 Å². The van der Waals surface area contributed by atoms with E-state index in [2.05, 4.69) is 17.6 Å². The highest BCUT2D eigenvalue weighted by atomic mass is 16.6. The zero-order valence-electron chi connectivity index (χ0n) is 12.5. The van der Waals surface area contributed by atoms with E-state index in [0.29, 0.717) is 6.61 Å². The zero-order chi connectivity index (χ0) is 14.9. The molecule has 1 amide bonds. The van der Waals surface area contributed by atoms with Crippen molar-refractivity contribution in [3.63, 3.8) is 0 Å². The van der Waals surface area contributed by atoms with Gasteiger partial charge < -0.3 is 5.11 Å². The van der Waals surface area contributed by atoms with E-state index < -0.39 is 0 Å². The van der Waals surface area contributed by atoms with Crippen molar-refractivity contribution in [3.05, 3.63) is 35.9 Å². The molecule has 0 spiro atoms. The monoisotopic (exact) mass is 291 g/mol. The standard InChI is InChI=1S/C17H25NO3/c19-16-11-9-15(10-12-16)17(20)18-21-13-5-4-8-14-6-2-1-3-7-14/h1-3,6-7,15-16,19H,4-5,8-13H2,(H,18,20)/t15-,16-. The molecule has 4 heteroatoms. The lowest BCUT2D eigenvalue weighted by molar-refractivity contribution is -0.139. The number of amides is 1. The summed E-state index contributed by atoms with van der Waals surface area (Å²) in [5.41, 5.74) is 3.88. The molecule has 1 fully saturated rings. The maximum atomic E-state index is 11.8. The summed E-state index contributed by atoms with van der Waals surface area (Å²) < 4.78 is 0. The second-order valence-electron chi connectivity index (χ2n) is 5.76. The van der Waals surface area contributed by atoms with Crippen LogP contribution in [0.2, 0.25) is 0 Å². The molecule has 116 valence electrons. The summed E-state index contributed by atoms with van der Waals surface area (Å²) in [6, 6.07) is 10.4. The third kappa shape index (κ3) is 5.86. The average molecular weight is 291 g/mol. The van der Waals surface area contributed by atoms with E-state index in [4.69, 9.17) is 4.84 Å². The number of unbranched alkanes of at least 4 members (excludes halogenated alkanes) is 1. The number of benzene rings is 1. The van der Waals surface area contributed by atoms with E-state index in [9.17, 15) is 9.90 Å². The van der Waals surface area contributed by atoms with E-state index in [0.717, 1.165) is 44.9 Å². The van der Waals surface area contributed by atoms with Crippen LogP contribution in [0.3, 0.4) is 0 Å². The predicted molar refractivity (Wildman–Crippen MR) is 81.4 cm³/mol. The van der Waals surface area contributed by atoms with Crippen LogP contribution < -0.4 is 5.48 Å². The molecule has 1 aliphatic rings. The number of hydroxylamine groups is 1. The molecule has 0 atom stereocenters. The van der Waals surface area contributed by atoms with Gasteiger partial charge in [0.05, 0.1) is 12.7 Å². The maximum absolute atomic E-state index is 11.8. The van der Waals surface area contributed by atoms with Gasteiger partial charge in [-0.05, 0) is 50.5 Å². The SMILES string of the molecule is O=C(NOCCCCc1ccccc1)[C@H]1CC[C@H](O)CC1. The van der Waals surface area contributed by atoms with Gasteiger partial charge in [-0.3, -0.25) is 9.63 Å². The lowest BCUT2D eigenvalue weighted by Gasteiger charge is -2.24. The highest BCUT2D eigenvalue weighted by molar-refractivity contribution is 5.77. The third-order valence-corrected chi connectivity index (χ3v) is 4.04. The van der Waals surface area contributed by atoms with E-state index in [1.54, 1.807) is 0 Å². The zero-order valence-corrected chi connectivity index (χ0v) is 12.5. The minimum absolute atomic E-state index is 0.00211. The molecule has 1 aromatic carbocycles. The molecule has 21 heavy (non-hydrogen) atoms. The molecule has 0 aromatic heterocycles. The summed E-state index contributed by atoms with van der Waals surface area (Å²) in [4.78, 5) is 17.1. The van der Waals surface area contributed by atoms with Crippen molar-refractivity contribution in [1.82, 2.24) is 5.48 Å². The summed E-state index contributed by atoms with van der Waals surface area (Å²) in [7, 11) is 0. The molecule has 2 rings (SSSR count). The molecule has 4 nitrogen and oxygen atoms in total. The Morgan fingerprint density at radius 1 is 1.14 bits per heavy atom. The largest absolute Gasteiger partial charge is 0.393 e. The van der Waals surface area contributed by atoms with Gasteiger partial charge in [0.15, 0.2) is 0 Å². The van der Waals surface area contributed by atoms with Crippen LogP contribution in [-0.4, -0.2) is 23.7 Å². The Morgan fingerprint density at radius 2 is 1.86 bits per heavy atom. The van der Waals surface area contributed by atoms with Crippen molar-refractivity contribution < 1.29 is 14.7 Å². The Morgan fingerprint density at radius 3 is 2.57 bits per heavy atom. The average Bonchev–Trinajstić information content (AvgIpc) is 2.52. The van der Waals surface area contributed by atoms with Crippen LogP contribution in [0.15, 0.2) is 30.3 Å². The van der Waals surface area contributed by atoms with Gasteiger partial charge in [0.25, 0.3) is 0 Å². The van der Waals surface area contributed by atoms with Crippen molar-refractivity contribution >= 4 is 5.91 Å². The van der Waals surface area contributed by atoms with Gasteiger partial charge >= 0.3 is 0 Å². The molecule has 1 aromatic rings. The summed E-state index contributed by atoms with van der Waals surface area (Å²) in [5, 5.41) is 9.41. The highest BCUT2D eigenvalue weighted by Gasteiger charge is 2.25. The Labute approximate surface area is 126 Å². The lowest BCUT2D eigenvalue weighted by Crippen LogP contribution is -2.34. The van der Waals surface area contributed by atoms with Gasteiger partial charge in [-0.1, -0.05) is 30.3 Å². The number of hydrogen-bond donors (Lipinski definition) is 2. The Kier molecular flexibility index (Phi) is 6.70. The van der Waals surface area contributed by atoms with Crippen molar-refractivity contribution in [1.29, 1.82) is 0 Å². The molecule has 0 radical (unpaired) electrons. The predicted octanol–water partition coefficient (Wildman–Crippen LogP) is 2.61. The minimum Gasteiger partial charge on any atom is -0.393 e. The molecule has 1 aliphatic carbocycles. The van der Waals surface area contributed by atoms with E-state index in [1.165, 1.54) is 5.56 Å². The van der Waals surface area contributed by atoms with Crippen molar-refractivity contribution in [2.75, 3.05) is 6.61 Å². The third-order valence-electron chi connectivity index (χ3n) is 4.04. The number of aliphatic hydroxyl groups excluding tert-OH is 1. The van der Waals surface area contributed by atoms with Gasteiger partial charge in [0.2, 0.25) is 5.91 Å². The molecule has 0 heterocycles.